The quantitative estimate of drug-likeness (QED) is 0.838. The van der Waals surface area contributed by atoms with Crippen molar-refractivity contribution in [2.24, 2.45) is 0 Å². The lowest BCUT2D eigenvalue weighted by atomic mass is 10.2. The molecule has 22 heavy (non-hydrogen) atoms. The normalized spacial score (nSPS) is 11.1. The van der Waals surface area contributed by atoms with Crippen LogP contribution in [-0.2, 0) is 4.74 Å². The predicted molar refractivity (Wildman–Crippen MR) is 82.3 cm³/mol. The average Bonchev–Trinajstić information content (AvgIpc) is 2.39. The van der Waals surface area contributed by atoms with E-state index < -0.39 is 17.5 Å². The van der Waals surface area contributed by atoms with Crippen LogP contribution in [-0.4, -0.2) is 21.7 Å². The molecule has 0 fully saturated rings. The van der Waals surface area contributed by atoms with Crippen LogP contribution in [0.1, 0.15) is 20.8 Å². The van der Waals surface area contributed by atoms with E-state index in [2.05, 4.69) is 15.3 Å². The molecule has 0 aromatic carbocycles. The molecule has 116 valence electrons. The fourth-order valence-electron chi connectivity index (χ4n) is 1.69. The van der Waals surface area contributed by atoms with E-state index in [9.17, 15) is 9.18 Å². The number of halogens is 2. The number of pyridine rings is 2. The zero-order valence-corrected chi connectivity index (χ0v) is 13.1. The lowest BCUT2D eigenvalue weighted by Crippen LogP contribution is -2.27. The second kappa shape index (κ2) is 6.27. The summed E-state index contributed by atoms with van der Waals surface area (Å²) in [5, 5.41) is 2.69. The van der Waals surface area contributed by atoms with E-state index in [-0.39, 0.29) is 22.2 Å². The number of nitrogens with one attached hydrogen (secondary N) is 1. The number of carbonyl (C=O) groups excluding carboxylic acids is 1. The Morgan fingerprint density at radius 3 is 2.64 bits per heavy atom. The Hall–Kier alpha value is -2.21. The largest absolute Gasteiger partial charge is 0.444 e. The number of amides is 1. The minimum Gasteiger partial charge on any atom is -0.444 e. The van der Waals surface area contributed by atoms with Crippen molar-refractivity contribution < 1.29 is 13.9 Å². The number of anilines is 1. The van der Waals surface area contributed by atoms with Crippen molar-refractivity contribution >= 4 is 23.4 Å². The number of ether oxygens (including phenoxy) is 1. The van der Waals surface area contributed by atoms with Gasteiger partial charge in [0.2, 0.25) is 0 Å². The molecule has 1 amide bonds. The topological polar surface area (TPSA) is 64.1 Å². The fraction of sp³-hybridized carbons (Fsp3) is 0.267. The summed E-state index contributed by atoms with van der Waals surface area (Å²) in [5.41, 5.74) is -0.260. The molecule has 2 rings (SSSR count). The number of hydrogen-bond acceptors (Lipinski definition) is 4. The van der Waals surface area contributed by atoms with Gasteiger partial charge in [0.05, 0.1) is 5.69 Å². The van der Waals surface area contributed by atoms with Gasteiger partial charge in [-0.2, -0.15) is 0 Å². The van der Waals surface area contributed by atoms with Crippen molar-refractivity contribution in [2.45, 2.75) is 26.4 Å². The highest BCUT2D eigenvalue weighted by Crippen LogP contribution is 2.28. The van der Waals surface area contributed by atoms with Gasteiger partial charge in [0.15, 0.2) is 5.82 Å². The van der Waals surface area contributed by atoms with E-state index in [0.29, 0.717) is 0 Å². The molecule has 2 aromatic heterocycles. The lowest BCUT2D eigenvalue weighted by molar-refractivity contribution is 0.0636. The highest BCUT2D eigenvalue weighted by Gasteiger charge is 2.19. The van der Waals surface area contributed by atoms with Gasteiger partial charge in [0.1, 0.15) is 22.1 Å². The Morgan fingerprint density at radius 2 is 2.00 bits per heavy atom. The van der Waals surface area contributed by atoms with E-state index in [1.165, 1.54) is 30.5 Å². The standard InChI is InChI=1S/C15H15ClFN3O2/c1-15(2,3)22-14(21)19-10-6-7-11(16)20-13(10)12-9(17)5-4-8-18-12/h4-8H,1-3H3,(H,19,21). The molecule has 0 unspecified atom stereocenters. The molecule has 7 heteroatoms. The zero-order valence-electron chi connectivity index (χ0n) is 12.4. The number of aromatic nitrogens is 2. The van der Waals surface area contributed by atoms with Crippen LogP contribution in [0, 0.1) is 5.82 Å². The third-order valence-corrected chi connectivity index (χ3v) is 2.69. The molecular weight excluding hydrogens is 309 g/mol. The smallest absolute Gasteiger partial charge is 0.412 e. The molecular formula is C15H15ClFN3O2. The van der Waals surface area contributed by atoms with Crippen LogP contribution in [0.25, 0.3) is 11.4 Å². The average molecular weight is 324 g/mol. The second-order valence-electron chi connectivity index (χ2n) is 5.49. The molecule has 0 bridgehead atoms. The van der Waals surface area contributed by atoms with E-state index in [1.807, 2.05) is 0 Å². The molecule has 0 spiro atoms. The maximum Gasteiger partial charge on any atom is 0.412 e. The summed E-state index contributed by atoms with van der Waals surface area (Å²) in [6.45, 7) is 5.23. The molecule has 2 aromatic rings. The molecule has 0 saturated heterocycles. The van der Waals surface area contributed by atoms with Crippen LogP contribution in [0.4, 0.5) is 14.9 Å². The Bertz CT molecular complexity index is 701. The third kappa shape index (κ3) is 4.14. The maximum absolute atomic E-state index is 13.9. The first-order valence-electron chi connectivity index (χ1n) is 6.54. The summed E-state index contributed by atoms with van der Waals surface area (Å²) >= 11 is 5.86. The number of nitrogens with zero attached hydrogens (tertiary/aromatic N) is 2. The van der Waals surface area contributed by atoms with E-state index in [4.69, 9.17) is 16.3 Å². The summed E-state index contributed by atoms with van der Waals surface area (Å²) in [4.78, 5) is 19.9. The van der Waals surface area contributed by atoms with Gasteiger partial charge >= 0.3 is 6.09 Å². The minimum atomic E-state index is -0.672. The fourth-order valence-corrected chi connectivity index (χ4v) is 1.84. The Morgan fingerprint density at radius 1 is 1.27 bits per heavy atom. The predicted octanol–water partition coefficient (Wildman–Crippen LogP) is 4.28. The van der Waals surface area contributed by atoms with Gasteiger partial charge in [-0.15, -0.1) is 0 Å². The summed E-state index contributed by atoms with van der Waals surface area (Å²) in [6, 6.07) is 5.72. The first-order valence-corrected chi connectivity index (χ1v) is 6.91. The van der Waals surface area contributed by atoms with Crippen molar-refractivity contribution in [2.75, 3.05) is 5.32 Å². The zero-order chi connectivity index (χ0) is 16.3. The third-order valence-electron chi connectivity index (χ3n) is 2.48. The number of hydrogen-bond donors (Lipinski definition) is 1. The second-order valence-corrected chi connectivity index (χ2v) is 5.88. The van der Waals surface area contributed by atoms with Crippen LogP contribution >= 0.6 is 11.6 Å². The molecule has 2 heterocycles. The highest BCUT2D eigenvalue weighted by molar-refractivity contribution is 6.29. The molecule has 0 aliphatic carbocycles. The van der Waals surface area contributed by atoms with Gasteiger partial charge < -0.3 is 4.74 Å². The van der Waals surface area contributed by atoms with Crippen LogP contribution < -0.4 is 5.32 Å². The van der Waals surface area contributed by atoms with Crippen LogP contribution in [0.5, 0.6) is 0 Å². The molecule has 0 radical (unpaired) electrons. The van der Waals surface area contributed by atoms with Crippen molar-refractivity contribution in [3.8, 4) is 11.4 Å². The van der Waals surface area contributed by atoms with Crippen molar-refractivity contribution in [3.05, 3.63) is 41.4 Å². The summed E-state index contributed by atoms with van der Waals surface area (Å²) in [5.74, 6) is -0.565. The van der Waals surface area contributed by atoms with E-state index in [0.717, 1.165) is 0 Å². The van der Waals surface area contributed by atoms with E-state index >= 15 is 0 Å². The van der Waals surface area contributed by atoms with Gasteiger partial charge in [-0.05, 0) is 45.0 Å². The molecule has 0 atom stereocenters. The molecule has 0 aliphatic heterocycles. The SMILES string of the molecule is CC(C)(C)OC(=O)Nc1ccc(Cl)nc1-c1ncccc1F. The van der Waals surface area contributed by atoms with Gasteiger partial charge in [0, 0.05) is 6.20 Å². The first kappa shape index (κ1) is 16.2. The van der Waals surface area contributed by atoms with Gasteiger partial charge in [-0.25, -0.2) is 14.2 Å². The molecule has 0 saturated carbocycles. The van der Waals surface area contributed by atoms with Crippen molar-refractivity contribution in [1.29, 1.82) is 0 Å². The van der Waals surface area contributed by atoms with Gasteiger partial charge in [-0.1, -0.05) is 11.6 Å². The summed E-state index contributed by atoms with van der Waals surface area (Å²) in [7, 11) is 0. The summed E-state index contributed by atoms with van der Waals surface area (Å²) < 4.78 is 19.1. The molecule has 1 N–H and O–H groups in total. The Labute approximate surface area is 132 Å². The monoisotopic (exact) mass is 323 g/mol. The van der Waals surface area contributed by atoms with Crippen LogP contribution in [0.15, 0.2) is 30.5 Å². The summed E-state index contributed by atoms with van der Waals surface area (Å²) in [6.07, 6.45) is 0.757. The Balaban J connectivity index is 2.37. The number of rotatable bonds is 2. The maximum atomic E-state index is 13.9. The van der Waals surface area contributed by atoms with Crippen LogP contribution in [0.3, 0.4) is 0 Å². The number of carbonyl (C=O) groups is 1. The molecule has 0 aliphatic rings. The van der Waals surface area contributed by atoms with Crippen LogP contribution in [0.2, 0.25) is 5.15 Å². The highest BCUT2D eigenvalue weighted by atomic mass is 35.5. The van der Waals surface area contributed by atoms with Crippen molar-refractivity contribution in [1.82, 2.24) is 9.97 Å². The molecule has 5 nitrogen and oxygen atoms in total. The minimum absolute atomic E-state index is 0.00365. The van der Waals surface area contributed by atoms with Gasteiger partial charge in [-0.3, -0.25) is 10.3 Å². The van der Waals surface area contributed by atoms with E-state index in [1.54, 1.807) is 20.8 Å². The van der Waals surface area contributed by atoms with Gasteiger partial charge in [0.25, 0.3) is 0 Å². The lowest BCUT2D eigenvalue weighted by Gasteiger charge is -2.20. The van der Waals surface area contributed by atoms with Crippen molar-refractivity contribution in [3.63, 3.8) is 0 Å². The first-order chi connectivity index (χ1) is 10.3. The Kier molecular flexibility index (Phi) is 4.61.